The third-order valence-corrected chi connectivity index (χ3v) is 5.22. The summed E-state index contributed by atoms with van der Waals surface area (Å²) < 4.78 is 10.6. The van der Waals surface area contributed by atoms with Gasteiger partial charge in [-0.15, -0.1) is 0 Å². The van der Waals surface area contributed by atoms with Gasteiger partial charge in [0.05, 0.1) is 4.92 Å². The number of esters is 1. The number of hydrogen-bond acceptors (Lipinski definition) is 8. The molecule has 1 amide bonds. The van der Waals surface area contributed by atoms with Crippen LogP contribution in [0, 0.1) is 10.1 Å². The molecular formula is C25H31N3O8. The summed E-state index contributed by atoms with van der Waals surface area (Å²) in [6.45, 7) is 4.91. The number of nitrogens with two attached hydrogens (primary N) is 1. The van der Waals surface area contributed by atoms with E-state index >= 15 is 0 Å². The zero-order valence-corrected chi connectivity index (χ0v) is 20.4. The molecule has 0 spiro atoms. The number of nitrogens with one attached hydrogen (secondary N) is 1. The fourth-order valence-corrected chi connectivity index (χ4v) is 3.39. The molecule has 1 unspecified atom stereocenters. The highest BCUT2D eigenvalue weighted by atomic mass is 16.6. The van der Waals surface area contributed by atoms with Crippen molar-refractivity contribution < 1.29 is 33.9 Å². The molecule has 2 aromatic carbocycles. The van der Waals surface area contributed by atoms with Crippen molar-refractivity contribution in [2.75, 3.05) is 0 Å². The van der Waals surface area contributed by atoms with Gasteiger partial charge in [0.25, 0.3) is 5.69 Å². The molecule has 11 heteroatoms. The maximum atomic E-state index is 13.1. The number of rotatable bonds is 11. The van der Waals surface area contributed by atoms with Gasteiger partial charge in [0, 0.05) is 12.1 Å². The van der Waals surface area contributed by atoms with Gasteiger partial charge in [-0.1, -0.05) is 30.3 Å². The maximum Gasteiger partial charge on any atom is 0.408 e. The van der Waals surface area contributed by atoms with Crippen molar-refractivity contribution in [3.63, 3.8) is 0 Å². The summed E-state index contributed by atoms with van der Waals surface area (Å²) in [5.74, 6) is -2.04. The monoisotopic (exact) mass is 501 g/mol. The zero-order chi connectivity index (χ0) is 26.9. The SMILES string of the molecule is CC(C)(C)OC(=O)N[C@@H](CCCC(N)(C(=O)OCc1ccccc1)c1ccc([N+](=O)[O-])cc1)C(=O)O. The molecule has 0 aliphatic rings. The Morgan fingerprint density at radius 1 is 1.08 bits per heavy atom. The molecule has 0 saturated heterocycles. The number of benzene rings is 2. The second kappa shape index (κ2) is 12.1. The first-order valence-electron chi connectivity index (χ1n) is 11.3. The van der Waals surface area contributed by atoms with Gasteiger partial charge in [0.15, 0.2) is 0 Å². The van der Waals surface area contributed by atoms with E-state index in [-0.39, 0.29) is 37.1 Å². The number of nitrogens with zero attached hydrogens (tertiary/aromatic N) is 1. The van der Waals surface area contributed by atoms with Crippen molar-refractivity contribution in [1.29, 1.82) is 0 Å². The van der Waals surface area contributed by atoms with Crippen LogP contribution in [0.3, 0.4) is 0 Å². The zero-order valence-electron chi connectivity index (χ0n) is 20.4. The molecule has 0 fully saturated rings. The number of aliphatic carboxylic acids is 1. The van der Waals surface area contributed by atoms with Crippen LogP contribution in [0.25, 0.3) is 0 Å². The van der Waals surface area contributed by atoms with Gasteiger partial charge in [0.2, 0.25) is 0 Å². The standard InChI is InChI=1S/C25H31N3O8/c1-24(2,3)36-23(32)27-20(21(29)30)10-7-15-25(26,18-11-13-19(14-12-18)28(33)34)22(31)35-16-17-8-5-4-6-9-17/h4-6,8-9,11-14,20H,7,10,15-16,26H2,1-3H3,(H,27,32)(H,29,30)/t20-,25?/m0/s1. The van der Waals surface area contributed by atoms with Crippen LogP contribution in [0.15, 0.2) is 54.6 Å². The molecule has 0 aliphatic heterocycles. The van der Waals surface area contributed by atoms with Gasteiger partial charge >= 0.3 is 18.0 Å². The second-order valence-corrected chi connectivity index (χ2v) is 9.27. The van der Waals surface area contributed by atoms with Gasteiger partial charge < -0.3 is 25.6 Å². The number of amides is 1. The van der Waals surface area contributed by atoms with E-state index in [4.69, 9.17) is 15.2 Å². The highest BCUT2D eigenvalue weighted by Gasteiger charge is 2.38. The maximum absolute atomic E-state index is 13.1. The van der Waals surface area contributed by atoms with Gasteiger partial charge in [-0.25, -0.2) is 14.4 Å². The van der Waals surface area contributed by atoms with E-state index in [0.29, 0.717) is 0 Å². The fraction of sp³-hybridized carbons (Fsp3) is 0.400. The lowest BCUT2D eigenvalue weighted by Gasteiger charge is -2.28. The number of hydrogen-bond donors (Lipinski definition) is 3. The van der Waals surface area contributed by atoms with Crippen molar-refractivity contribution in [1.82, 2.24) is 5.32 Å². The molecule has 0 aliphatic carbocycles. The summed E-state index contributed by atoms with van der Waals surface area (Å²) in [6, 6.07) is 12.9. The Labute approximate surface area is 208 Å². The van der Waals surface area contributed by atoms with Crippen molar-refractivity contribution in [3.8, 4) is 0 Å². The predicted octanol–water partition coefficient (Wildman–Crippen LogP) is 3.64. The average molecular weight is 502 g/mol. The topological polar surface area (TPSA) is 171 Å². The number of carboxylic acid groups (broad SMARTS) is 1. The highest BCUT2D eigenvalue weighted by Crippen LogP contribution is 2.29. The second-order valence-electron chi connectivity index (χ2n) is 9.27. The molecule has 0 radical (unpaired) electrons. The van der Waals surface area contributed by atoms with Crippen LogP contribution in [0.4, 0.5) is 10.5 Å². The molecule has 36 heavy (non-hydrogen) atoms. The van der Waals surface area contributed by atoms with Gasteiger partial charge in [-0.3, -0.25) is 10.1 Å². The molecule has 2 aromatic rings. The molecule has 0 bridgehead atoms. The Hall–Kier alpha value is -3.99. The summed E-state index contributed by atoms with van der Waals surface area (Å²) >= 11 is 0. The lowest BCUT2D eigenvalue weighted by molar-refractivity contribution is -0.384. The van der Waals surface area contributed by atoms with Crippen molar-refractivity contribution in [2.45, 2.75) is 63.8 Å². The minimum absolute atomic E-state index is 0.0381. The Balaban J connectivity index is 2.17. The summed E-state index contributed by atoms with van der Waals surface area (Å²) in [5.41, 5.74) is 4.82. The molecule has 0 heterocycles. The van der Waals surface area contributed by atoms with Crippen LogP contribution in [-0.4, -0.2) is 39.7 Å². The first kappa shape index (κ1) is 28.2. The van der Waals surface area contributed by atoms with Crippen molar-refractivity contribution >= 4 is 23.7 Å². The number of nitro benzene ring substituents is 1. The molecule has 194 valence electrons. The van der Waals surface area contributed by atoms with Crippen LogP contribution in [0.1, 0.15) is 51.2 Å². The fourth-order valence-electron chi connectivity index (χ4n) is 3.39. The molecule has 2 rings (SSSR count). The van der Waals surface area contributed by atoms with E-state index in [1.807, 2.05) is 6.07 Å². The Morgan fingerprint density at radius 2 is 1.69 bits per heavy atom. The molecule has 0 aromatic heterocycles. The van der Waals surface area contributed by atoms with E-state index < -0.39 is 40.1 Å². The number of carboxylic acids is 1. The van der Waals surface area contributed by atoms with Crippen LogP contribution >= 0.6 is 0 Å². The average Bonchev–Trinajstić information content (AvgIpc) is 2.81. The first-order valence-corrected chi connectivity index (χ1v) is 11.3. The van der Waals surface area contributed by atoms with Crippen molar-refractivity contribution in [2.24, 2.45) is 5.73 Å². The van der Waals surface area contributed by atoms with E-state index in [0.717, 1.165) is 5.56 Å². The van der Waals surface area contributed by atoms with Crippen LogP contribution in [-0.2, 0) is 31.2 Å². The Kier molecular flexibility index (Phi) is 9.51. The van der Waals surface area contributed by atoms with Crippen LogP contribution in [0.2, 0.25) is 0 Å². The molecular weight excluding hydrogens is 470 g/mol. The van der Waals surface area contributed by atoms with Crippen molar-refractivity contribution in [3.05, 3.63) is 75.8 Å². The highest BCUT2D eigenvalue weighted by molar-refractivity contribution is 5.83. The molecule has 4 N–H and O–H groups in total. The quantitative estimate of drug-likeness (QED) is 0.236. The molecule has 0 saturated carbocycles. The number of carbonyl (C=O) groups excluding carboxylic acids is 2. The van der Waals surface area contributed by atoms with Gasteiger partial charge in [-0.05, 0) is 63.3 Å². The number of carbonyl (C=O) groups is 3. The lowest BCUT2D eigenvalue weighted by Crippen LogP contribution is -2.47. The van der Waals surface area contributed by atoms with Crippen LogP contribution < -0.4 is 11.1 Å². The minimum Gasteiger partial charge on any atom is -0.480 e. The molecule has 2 atom stereocenters. The van der Waals surface area contributed by atoms with Crippen LogP contribution in [0.5, 0.6) is 0 Å². The third-order valence-electron chi connectivity index (χ3n) is 5.22. The molecule has 11 nitrogen and oxygen atoms in total. The van der Waals surface area contributed by atoms with E-state index in [1.54, 1.807) is 45.0 Å². The first-order chi connectivity index (χ1) is 16.8. The van der Waals surface area contributed by atoms with Gasteiger partial charge in [0.1, 0.15) is 23.8 Å². The van der Waals surface area contributed by atoms with E-state index in [9.17, 15) is 29.6 Å². The number of alkyl carbamates (subject to hydrolysis) is 1. The van der Waals surface area contributed by atoms with Gasteiger partial charge in [-0.2, -0.15) is 0 Å². The normalized spacial score (nSPS) is 13.7. The number of ether oxygens (including phenoxy) is 2. The summed E-state index contributed by atoms with van der Waals surface area (Å²) in [4.78, 5) is 47.2. The van der Waals surface area contributed by atoms with E-state index in [1.165, 1.54) is 24.3 Å². The smallest absolute Gasteiger partial charge is 0.408 e. The Morgan fingerprint density at radius 3 is 2.22 bits per heavy atom. The van der Waals surface area contributed by atoms with E-state index in [2.05, 4.69) is 5.32 Å². The summed E-state index contributed by atoms with van der Waals surface area (Å²) in [6.07, 6.45) is -0.864. The minimum atomic E-state index is -1.71. The third kappa shape index (κ3) is 8.35. The largest absolute Gasteiger partial charge is 0.480 e. The predicted molar refractivity (Wildman–Crippen MR) is 130 cm³/mol. The number of non-ortho nitro benzene ring substituents is 1. The summed E-state index contributed by atoms with van der Waals surface area (Å²) in [5, 5.41) is 22.8. The number of nitro groups is 1. The Bertz CT molecular complexity index is 1070. The lowest BCUT2D eigenvalue weighted by atomic mass is 9.85. The summed E-state index contributed by atoms with van der Waals surface area (Å²) in [7, 11) is 0.